The lowest BCUT2D eigenvalue weighted by atomic mass is 9.83. The lowest BCUT2D eigenvalue weighted by Gasteiger charge is -2.23. The van der Waals surface area contributed by atoms with Gasteiger partial charge in [0.05, 0.1) is 18.0 Å². The number of carbonyl (C=O) groups excluding carboxylic acids is 1. The van der Waals surface area contributed by atoms with Crippen LogP contribution in [0.4, 0.5) is 0 Å². The van der Waals surface area contributed by atoms with Crippen molar-refractivity contribution in [3.8, 4) is 0 Å². The lowest BCUT2D eigenvalue weighted by Crippen LogP contribution is -2.26. The Morgan fingerprint density at radius 1 is 1.28 bits per heavy atom. The number of aromatic carboxylic acids is 1. The van der Waals surface area contributed by atoms with Gasteiger partial charge in [-0.1, -0.05) is 55.9 Å². The van der Waals surface area contributed by atoms with E-state index in [9.17, 15) is 14.7 Å². The molecule has 2 aliphatic carbocycles. The first-order valence-corrected chi connectivity index (χ1v) is 10.2. The van der Waals surface area contributed by atoms with Crippen LogP contribution >= 0.6 is 0 Å². The summed E-state index contributed by atoms with van der Waals surface area (Å²) in [6.45, 7) is 6.29. The van der Waals surface area contributed by atoms with Gasteiger partial charge in [-0.3, -0.25) is 4.79 Å². The van der Waals surface area contributed by atoms with Crippen LogP contribution < -0.4 is 5.48 Å². The summed E-state index contributed by atoms with van der Waals surface area (Å²) in [5.74, 6) is -1.30. The number of carbonyl (C=O) groups is 2. The van der Waals surface area contributed by atoms with E-state index < -0.39 is 5.97 Å². The summed E-state index contributed by atoms with van der Waals surface area (Å²) < 4.78 is 0. The number of carboxylic acids is 1. The van der Waals surface area contributed by atoms with Crippen molar-refractivity contribution in [1.82, 2.24) is 5.48 Å². The van der Waals surface area contributed by atoms with E-state index >= 15 is 0 Å². The van der Waals surface area contributed by atoms with E-state index in [0.29, 0.717) is 6.42 Å². The van der Waals surface area contributed by atoms with E-state index in [-0.39, 0.29) is 29.4 Å². The fourth-order valence-corrected chi connectivity index (χ4v) is 4.31. The monoisotopic (exact) mass is 395 g/mol. The third-order valence-electron chi connectivity index (χ3n) is 5.94. The molecule has 2 aliphatic rings. The van der Waals surface area contributed by atoms with Crippen LogP contribution in [0, 0.1) is 5.41 Å². The third-order valence-corrected chi connectivity index (χ3v) is 5.94. The van der Waals surface area contributed by atoms with Crippen LogP contribution in [0.2, 0.25) is 0 Å². The van der Waals surface area contributed by atoms with Gasteiger partial charge >= 0.3 is 11.9 Å². The zero-order valence-electron chi connectivity index (χ0n) is 17.3. The van der Waals surface area contributed by atoms with Crippen molar-refractivity contribution in [2.24, 2.45) is 5.41 Å². The van der Waals surface area contributed by atoms with Gasteiger partial charge < -0.3 is 9.94 Å². The summed E-state index contributed by atoms with van der Waals surface area (Å²) in [5.41, 5.74) is 7.10. The molecule has 1 aromatic carbocycles. The van der Waals surface area contributed by atoms with Crippen LogP contribution in [-0.4, -0.2) is 17.0 Å². The molecule has 0 aliphatic heterocycles. The Morgan fingerprint density at radius 2 is 2.07 bits per heavy atom. The van der Waals surface area contributed by atoms with Gasteiger partial charge in [-0.2, -0.15) is 0 Å². The molecule has 0 heterocycles. The van der Waals surface area contributed by atoms with Gasteiger partial charge in [-0.25, -0.2) is 4.79 Å². The van der Waals surface area contributed by atoms with Crippen LogP contribution in [0.15, 0.2) is 53.6 Å². The van der Waals surface area contributed by atoms with Crippen molar-refractivity contribution in [3.05, 3.63) is 70.3 Å². The van der Waals surface area contributed by atoms with Gasteiger partial charge in [0.2, 0.25) is 0 Å². The zero-order chi connectivity index (χ0) is 21.0. The summed E-state index contributed by atoms with van der Waals surface area (Å²) in [6.07, 6.45) is 11.7. The number of hydroxylamine groups is 1. The summed E-state index contributed by atoms with van der Waals surface area (Å²) in [6, 6.07) is 4.99. The van der Waals surface area contributed by atoms with Crippen LogP contribution in [0.3, 0.4) is 0 Å². The molecule has 2 N–H and O–H groups in total. The molecule has 0 aromatic heterocycles. The summed E-state index contributed by atoms with van der Waals surface area (Å²) in [4.78, 5) is 29.5. The molecule has 29 heavy (non-hydrogen) atoms. The number of rotatable bonds is 7. The van der Waals surface area contributed by atoms with Crippen molar-refractivity contribution in [3.63, 3.8) is 0 Å². The van der Waals surface area contributed by atoms with Crippen molar-refractivity contribution >= 4 is 11.9 Å². The van der Waals surface area contributed by atoms with Crippen molar-refractivity contribution in [1.29, 1.82) is 0 Å². The second-order valence-electron chi connectivity index (χ2n) is 8.32. The molecule has 5 nitrogen and oxygen atoms in total. The van der Waals surface area contributed by atoms with Crippen LogP contribution in [0.25, 0.3) is 0 Å². The van der Waals surface area contributed by atoms with Crippen molar-refractivity contribution < 1.29 is 19.5 Å². The number of hydrogen-bond donors (Lipinski definition) is 2. The molecule has 0 radical (unpaired) electrons. The summed E-state index contributed by atoms with van der Waals surface area (Å²) >= 11 is 0. The second kappa shape index (κ2) is 8.78. The predicted molar refractivity (Wildman–Crippen MR) is 112 cm³/mol. The van der Waals surface area contributed by atoms with Gasteiger partial charge in [0, 0.05) is 0 Å². The Labute approximate surface area is 172 Å². The van der Waals surface area contributed by atoms with Crippen LogP contribution in [-0.2, 0) is 16.1 Å². The first kappa shape index (κ1) is 21.1. The van der Waals surface area contributed by atoms with Gasteiger partial charge in [-0.05, 0) is 60.8 Å². The molecule has 0 bridgehead atoms. The van der Waals surface area contributed by atoms with Crippen LogP contribution in [0.1, 0.15) is 74.0 Å². The maximum atomic E-state index is 12.6. The first-order chi connectivity index (χ1) is 13.8. The van der Waals surface area contributed by atoms with E-state index in [0.717, 1.165) is 36.0 Å². The number of fused-ring (bicyclic) bond motifs is 1. The number of nitrogens with one attached hydrogen (secondary N) is 1. The molecular weight excluding hydrogens is 366 g/mol. The second-order valence-corrected chi connectivity index (χ2v) is 8.32. The predicted octanol–water partition coefficient (Wildman–Crippen LogP) is 5.06. The number of carboxylic acid groups (broad SMARTS) is 1. The third kappa shape index (κ3) is 4.67. The molecule has 5 heteroatoms. The highest BCUT2D eigenvalue weighted by atomic mass is 16.7. The molecule has 0 fully saturated rings. The Balaban J connectivity index is 1.68. The normalized spacial score (nSPS) is 20.6. The summed E-state index contributed by atoms with van der Waals surface area (Å²) in [5, 5.41) is 9.46. The highest BCUT2D eigenvalue weighted by Gasteiger charge is 2.34. The molecule has 0 saturated heterocycles. The Kier molecular flexibility index (Phi) is 6.38. The zero-order valence-corrected chi connectivity index (χ0v) is 17.3. The minimum atomic E-state index is -0.961. The van der Waals surface area contributed by atoms with E-state index in [1.54, 1.807) is 12.1 Å². The minimum absolute atomic E-state index is 0.0366. The molecule has 0 spiro atoms. The SMILES string of the molecule is C/C=C/C=C\C1=C(CC(=O)ON[C@H]2CCc3cccc(C(=O)O)c32)C(C)(C)CC1. The maximum Gasteiger partial charge on any atom is 0.336 e. The number of hydrogen-bond acceptors (Lipinski definition) is 4. The minimum Gasteiger partial charge on any atom is -0.478 e. The largest absolute Gasteiger partial charge is 0.478 e. The standard InChI is InChI=1S/C24H29NO4/c1-4-5-6-8-16-13-14-24(2,3)19(16)15-21(26)29-25-20-12-11-17-9-7-10-18(22(17)20)23(27)28/h4-10,20,25H,11-15H2,1-3H3,(H,27,28)/b5-4+,8-6-/t20-/m0/s1. The number of benzene rings is 1. The van der Waals surface area contributed by atoms with E-state index in [1.807, 2.05) is 31.2 Å². The van der Waals surface area contributed by atoms with Gasteiger partial charge in [-0.15, -0.1) is 5.48 Å². The number of aryl methyl sites for hydroxylation is 1. The molecule has 3 rings (SSSR count). The van der Waals surface area contributed by atoms with Gasteiger partial charge in [0.25, 0.3) is 0 Å². The molecule has 154 valence electrons. The Morgan fingerprint density at radius 3 is 2.79 bits per heavy atom. The van der Waals surface area contributed by atoms with E-state index in [1.165, 1.54) is 5.57 Å². The smallest absolute Gasteiger partial charge is 0.336 e. The molecule has 0 amide bonds. The number of allylic oxidation sites excluding steroid dienone is 5. The molecule has 0 unspecified atom stereocenters. The topological polar surface area (TPSA) is 75.6 Å². The van der Waals surface area contributed by atoms with E-state index in [2.05, 4.69) is 25.4 Å². The Hall–Kier alpha value is -2.66. The fourth-order valence-electron chi connectivity index (χ4n) is 4.31. The van der Waals surface area contributed by atoms with Gasteiger partial charge in [0.1, 0.15) is 0 Å². The molecule has 1 aromatic rings. The first-order valence-electron chi connectivity index (χ1n) is 10.2. The molecule has 0 saturated carbocycles. The highest BCUT2D eigenvalue weighted by molar-refractivity contribution is 5.90. The molecule has 1 atom stereocenters. The van der Waals surface area contributed by atoms with Crippen molar-refractivity contribution in [2.75, 3.05) is 0 Å². The van der Waals surface area contributed by atoms with Crippen LogP contribution in [0.5, 0.6) is 0 Å². The average molecular weight is 395 g/mol. The van der Waals surface area contributed by atoms with Crippen molar-refractivity contribution in [2.45, 2.75) is 58.9 Å². The summed E-state index contributed by atoms with van der Waals surface area (Å²) in [7, 11) is 0. The fraction of sp³-hybridized carbons (Fsp3) is 0.417. The molecular formula is C24H29NO4. The van der Waals surface area contributed by atoms with E-state index in [4.69, 9.17) is 4.84 Å². The maximum absolute atomic E-state index is 12.6. The van der Waals surface area contributed by atoms with Gasteiger partial charge in [0.15, 0.2) is 0 Å². The Bertz CT molecular complexity index is 892. The quantitative estimate of drug-likeness (QED) is 0.499. The highest BCUT2D eigenvalue weighted by Crippen LogP contribution is 2.44. The average Bonchev–Trinajstić information content (AvgIpc) is 3.22. The lowest BCUT2D eigenvalue weighted by molar-refractivity contribution is -0.152.